The highest BCUT2D eigenvalue weighted by molar-refractivity contribution is 9.10. The molecule has 0 aliphatic heterocycles. The van der Waals surface area contributed by atoms with Gasteiger partial charge >= 0.3 is 0 Å². The van der Waals surface area contributed by atoms with Crippen molar-refractivity contribution in [1.29, 1.82) is 0 Å². The highest BCUT2D eigenvalue weighted by Crippen LogP contribution is 2.26. The average molecular weight is 377 g/mol. The van der Waals surface area contributed by atoms with Crippen LogP contribution in [0.2, 0.25) is 5.02 Å². The van der Waals surface area contributed by atoms with Gasteiger partial charge in [0.2, 0.25) is 0 Å². The van der Waals surface area contributed by atoms with E-state index < -0.39 is 10.0 Å². The second-order valence-electron chi connectivity index (χ2n) is 4.04. The van der Waals surface area contributed by atoms with Gasteiger partial charge in [0.25, 0.3) is 10.0 Å². The quantitative estimate of drug-likeness (QED) is 0.859. The third-order valence-electron chi connectivity index (χ3n) is 2.56. The van der Waals surface area contributed by atoms with Gasteiger partial charge in [0, 0.05) is 15.2 Å². The molecule has 4 nitrogen and oxygen atoms in total. The van der Waals surface area contributed by atoms with Crippen LogP contribution in [0.4, 0.5) is 5.69 Å². The Kier molecular flexibility index (Phi) is 4.70. The Morgan fingerprint density at radius 3 is 2.35 bits per heavy atom. The Labute approximate surface area is 130 Å². The van der Waals surface area contributed by atoms with E-state index in [1.54, 1.807) is 36.4 Å². The van der Waals surface area contributed by atoms with Crippen molar-refractivity contribution in [2.45, 2.75) is 11.5 Å². The summed E-state index contributed by atoms with van der Waals surface area (Å²) < 4.78 is 27.4. The van der Waals surface area contributed by atoms with E-state index in [1.807, 2.05) is 0 Å². The van der Waals surface area contributed by atoms with Crippen LogP contribution in [-0.2, 0) is 16.6 Å². The van der Waals surface area contributed by atoms with Crippen LogP contribution in [0, 0.1) is 0 Å². The molecule has 0 radical (unpaired) electrons. The summed E-state index contributed by atoms with van der Waals surface area (Å²) in [6.45, 7) is -0.149. The fourth-order valence-electron chi connectivity index (χ4n) is 1.59. The lowest BCUT2D eigenvalue weighted by atomic mass is 10.2. The Morgan fingerprint density at radius 1 is 1.15 bits per heavy atom. The third-order valence-corrected chi connectivity index (χ3v) is 5.17. The summed E-state index contributed by atoms with van der Waals surface area (Å²) in [4.78, 5) is 0.102. The molecular formula is C13H11BrClNO3S. The lowest BCUT2D eigenvalue weighted by Gasteiger charge is -2.10. The van der Waals surface area contributed by atoms with Crippen molar-refractivity contribution < 1.29 is 13.5 Å². The lowest BCUT2D eigenvalue weighted by Crippen LogP contribution is -2.13. The maximum atomic E-state index is 12.3. The number of aliphatic hydroxyl groups is 1. The SMILES string of the molecule is O=S(=O)(Nc1ccc(Cl)cc1)c1ccc(CO)cc1Br. The number of benzene rings is 2. The fourth-order valence-corrected chi connectivity index (χ4v) is 3.90. The van der Waals surface area contributed by atoms with E-state index in [2.05, 4.69) is 20.7 Å². The van der Waals surface area contributed by atoms with Gasteiger partial charge in [-0.3, -0.25) is 4.72 Å². The Bertz CT molecular complexity index is 717. The zero-order valence-corrected chi connectivity index (χ0v) is 13.3. The highest BCUT2D eigenvalue weighted by atomic mass is 79.9. The number of hydrogen-bond acceptors (Lipinski definition) is 3. The third kappa shape index (κ3) is 3.52. The van der Waals surface area contributed by atoms with Crippen LogP contribution < -0.4 is 4.72 Å². The number of sulfonamides is 1. The summed E-state index contributed by atoms with van der Waals surface area (Å²) in [5.74, 6) is 0. The maximum absolute atomic E-state index is 12.3. The van der Waals surface area contributed by atoms with Gasteiger partial charge in [-0.1, -0.05) is 17.7 Å². The molecule has 0 spiro atoms. The molecule has 0 aromatic heterocycles. The molecule has 2 rings (SSSR count). The maximum Gasteiger partial charge on any atom is 0.263 e. The van der Waals surface area contributed by atoms with Crippen LogP contribution in [0.25, 0.3) is 0 Å². The van der Waals surface area contributed by atoms with E-state index in [-0.39, 0.29) is 11.5 Å². The first kappa shape index (κ1) is 15.3. The Balaban J connectivity index is 2.33. The number of halogens is 2. The zero-order chi connectivity index (χ0) is 14.8. The van der Waals surface area contributed by atoms with E-state index in [0.29, 0.717) is 20.7 Å². The molecular weight excluding hydrogens is 366 g/mol. The zero-order valence-electron chi connectivity index (χ0n) is 10.2. The van der Waals surface area contributed by atoms with Gasteiger partial charge in [0.15, 0.2) is 0 Å². The molecule has 0 aliphatic rings. The van der Waals surface area contributed by atoms with Gasteiger partial charge in [-0.25, -0.2) is 8.42 Å². The lowest BCUT2D eigenvalue weighted by molar-refractivity contribution is 0.281. The summed E-state index contributed by atoms with van der Waals surface area (Å²) in [7, 11) is -3.70. The fraction of sp³-hybridized carbons (Fsp3) is 0.0769. The summed E-state index contributed by atoms with van der Waals surface area (Å²) in [6, 6.07) is 10.9. The topological polar surface area (TPSA) is 66.4 Å². The van der Waals surface area contributed by atoms with Crippen molar-refractivity contribution in [2.75, 3.05) is 4.72 Å². The molecule has 7 heteroatoms. The highest BCUT2D eigenvalue weighted by Gasteiger charge is 2.17. The summed E-state index contributed by atoms with van der Waals surface area (Å²) >= 11 is 8.95. The minimum Gasteiger partial charge on any atom is -0.392 e. The van der Waals surface area contributed by atoms with Gasteiger partial charge in [-0.2, -0.15) is 0 Å². The predicted octanol–water partition coefficient (Wildman–Crippen LogP) is 3.40. The molecule has 0 atom stereocenters. The number of rotatable bonds is 4. The molecule has 0 heterocycles. The largest absolute Gasteiger partial charge is 0.392 e. The first-order valence-electron chi connectivity index (χ1n) is 5.60. The molecule has 0 bridgehead atoms. The van der Waals surface area contributed by atoms with Gasteiger partial charge < -0.3 is 5.11 Å². The summed E-state index contributed by atoms with van der Waals surface area (Å²) in [6.07, 6.45) is 0. The van der Waals surface area contributed by atoms with E-state index in [1.165, 1.54) is 6.07 Å². The van der Waals surface area contributed by atoms with Gasteiger partial charge in [-0.05, 0) is 57.9 Å². The second kappa shape index (κ2) is 6.13. The van der Waals surface area contributed by atoms with Crippen molar-refractivity contribution in [3.05, 3.63) is 57.5 Å². The van der Waals surface area contributed by atoms with Crippen LogP contribution in [0.5, 0.6) is 0 Å². The average Bonchev–Trinajstić information content (AvgIpc) is 2.40. The normalized spacial score (nSPS) is 11.3. The van der Waals surface area contributed by atoms with E-state index >= 15 is 0 Å². The molecule has 2 aromatic rings. The molecule has 2 N–H and O–H groups in total. The van der Waals surface area contributed by atoms with Crippen molar-refractivity contribution in [3.63, 3.8) is 0 Å². The van der Waals surface area contributed by atoms with Crippen LogP contribution >= 0.6 is 27.5 Å². The Morgan fingerprint density at radius 2 is 1.80 bits per heavy atom. The first-order chi connectivity index (χ1) is 9.42. The minimum absolute atomic E-state index is 0.102. The number of aliphatic hydroxyl groups excluding tert-OH is 1. The number of nitrogens with one attached hydrogen (secondary N) is 1. The van der Waals surface area contributed by atoms with Crippen LogP contribution in [0.1, 0.15) is 5.56 Å². The first-order valence-corrected chi connectivity index (χ1v) is 8.25. The molecule has 20 heavy (non-hydrogen) atoms. The molecule has 106 valence electrons. The molecule has 0 saturated carbocycles. The second-order valence-corrected chi connectivity index (χ2v) is 6.98. The van der Waals surface area contributed by atoms with Crippen molar-refractivity contribution in [3.8, 4) is 0 Å². The number of anilines is 1. The number of hydrogen-bond donors (Lipinski definition) is 2. The van der Waals surface area contributed by atoms with Gasteiger partial charge in [0.05, 0.1) is 6.61 Å². The smallest absolute Gasteiger partial charge is 0.263 e. The molecule has 0 fully saturated rings. The van der Waals surface area contributed by atoms with Crippen molar-refractivity contribution >= 4 is 43.2 Å². The van der Waals surface area contributed by atoms with E-state index in [4.69, 9.17) is 16.7 Å². The summed E-state index contributed by atoms with van der Waals surface area (Å²) in [5, 5.41) is 9.55. The van der Waals surface area contributed by atoms with Crippen LogP contribution in [0.3, 0.4) is 0 Å². The standard InChI is InChI=1S/C13H11BrClNO3S/c14-12-7-9(8-17)1-6-13(12)20(18,19)16-11-4-2-10(15)3-5-11/h1-7,16-17H,8H2. The minimum atomic E-state index is -3.70. The van der Waals surface area contributed by atoms with Crippen LogP contribution in [-0.4, -0.2) is 13.5 Å². The molecule has 0 amide bonds. The van der Waals surface area contributed by atoms with Crippen LogP contribution in [0.15, 0.2) is 51.8 Å². The van der Waals surface area contributed by atoms with Crippen molar-refractivity contribution in [1.82, 2.24) is 0 Å². The summed E-state index contributed by atoms with van der Waals surface area (Å²) in [5.41, 5.74) is 1.05. The van der Waals surface area contributed by atoms with E-state index in [0.717, 1.165) is 0 Å². The molecule has 2 aromatic carbocycles. The Hall–Kier alpha value is -1.08. The molecule has 0 unspecified atom stereocenters. The van der Waals surface area contributed by atoms with Gasteiger partial charge in [-0.15, -0.1) is 0 Å². The molecule has 0 saturated heterocycles. The molecule has 0 aliphatic carbocycles. The van der Waals surface area contributed by atoms with Crippen molar-refractivity contribution in [2.24, 2.45) is 0 Å². The van der Waals surface area contributed by atoms with E-state index in [9.17, 15) is 8.42 Å². The predicted molar refractivity (Wildman–Crippen MR) is 82.3 cm³/mol. The monoisotopic (exact) mass is 375 g/mol. The van der Waals surface area contributed by atoms with Gasteiger partial charge in [0.1, 0.15) is 4.90 Å².